The molecule has 3 N–H and O–H groups in total. The SMILES string of the molecule is CCNc1nc(N[C@H](CC2CCCCC2)C(=O)Nc2ccc3nonc3c2)cc(-n2cccc2)n1. The molecule has 1 aromatic carbocycles. The fourth-order valence-electron chi connectivity index (χ4n) is 4.62. The Hall–Kier alpha value is -3.95. The number of nitrogens with zero attached hydrogens (tertiary/aromatic N) is 5. The smallest absolute Gasteiger partial charge is 0.246 e. The highest BCUT2D eigenvalue weighted by molar-refractivity contribution is 5.97. The van der Waals surface area contributed by atoms with E-state index in [0.717, 1.165) is 25.1 Å². The van der Waals surface area contributed by atoms with Crippen molar-refractivity contribution in [3.8, 4) is 5.82 Å². The van der Waals surface area contributed by atoms with Gasteiger partial charge in [0.2, 0.25) is 11.9 Å². The number of benzene rings is 1. The van der Waals surface area contributed by atoms with Gasteiger partial charge in [-0.2, -0.15) is 9.97 Å². The molecule has 0 spiro atoms. The number of hydrogen-bond acceptors (Lipinski definition) is 8. The molecule has 5 rings (SSSR count). The minimum Gasteiger partial charge on any atom is -0.358 e. The summed E-state index contributed by atoms with van der Waals surface area (Å²) in [6.07, 6.45) is 10.6. The molecule has 10 nitrogen and oxygen atoms in total. The first-order valence-electron chi connectivity index (χ1n) is 12.2. The van der Waals surface area contributed by atoms with Gasteiger partial charge in [-0.3, -0.25) is 4.79 Å². The van der Waals surface area contributed by atoms with Gasteiger partial charge in [-0.1, -0.05) is 32.1 Å². The van der Waals surface area contributed by atoms with Crippen LogP contribution in [0.25, 0.3) is 16.9 Å². The number of amides is 1. The number of anilines is 3. The van der Waals surface area contributed by atoms with Crippen LogP contribution in [-0.2, 0) is 4.79 Å². The van der Waals surface area contributed by atoms with Gasteiger partial charge in [-0.25, -0.2) is 4.63 Å². The van der Waals surface area contributed by atoms with Crippen LogP contribution in [0.1, 0.15) is 45.4 Å². The Balaban J connectivity index is 1.40. The first kappa shape index (κ1) is 22.8. The quantitative estimate of drug-likeness (QED) is 0.321. The van der Waals surface area contributed by atoms with Crippen molar-refractivity contribution < 1.29 is 9.42 Å². The monoisotopic (exact) mass is 474 g/mol. The highest BCUT2D eigenvalue weighted by Gasteiger charge is 2.25. The van der Waals surface area contributed by atoms with E-state index in [1.807, 2.05) is 42.1 Å². The second-order valence-electron chi connectivity index (χ2n) is 8.95. The van der Waals surface area contributed by atoms with Gasteiger partial charge >= 0.3 is 0 Å². The van der Waals surface area contributed by atoms with Crippen LogP contribution in [0, 0.1) is 5.92 Å². The Morgan fingerprint density at radius 3 is 2.69 bits per heavy atom. The van der Waals surface area contributed by atoms with Crippen LogP contribution < -0.4 is 16.0 Å². The molecule has 35 heavy (non-hydrogen) atoms. The van der Waals surface area contributed by atoms with Crippen LogP contribution in [0.4, 0.5) is 17.5 Å². The lowest BCUT2D eigenvalue weighted by atomic mass is 9.84. The molecule has 182 valence electrons. The van der Waals surface area contributed by atoms with Gasteiger partial charge in [0, 0.05) is 30.7 Å². The summed E-state index contributed by atoms with van der Waals surface area (Å²) < 4.78 is 6.70. The van der Waals surface area contributed by atoms with Gasteiger partial charge in [-0.05, 0) is 59.9 Å². The molecule has 0 unspecified atom stereocenters. The molecule has 1 aliphatic carbocycles. The maximum Gasteiger partial charge on any atom is 0.246 e. The van der Waals surface area contributed by atoms with Crippen molar-refractivity contribution in [3.05, 3.63) is 48.8 Å². The summed E-state index contributed by atoms with van der Waals surface area (Å²) in [7, 11) is 0. The van der Waals surface area contributed by atoms with Gasteiger partial charge < -0.3 is 20.5 Å². The number of carbonyl (C=O) groups excluding carboxylic acids is 1. The van der Waals surface area contributed by atoms with Crippen LogP contribution in [0.5, 0.6) is 0 Å². The Bertz CT molecular complexity index is 1260. The highest BCUT2D eigenvalue weighted by Crippen LogP contribution is 2.29. The molecule has 1 amide bonds. The lowest BCUT2D eigenvalue weighted by Gasteiger charge is -2.27. The standard InChI is InChI=1S/C25H30N8O2/c1-2-26-25-29-22(16-23(30-25)33-12-6-7-13-33)28-21(14-17-8-4-3-5-9-17)24(34)27-18-10-11-19-20(15-18)32-35-31-19/h6-7,10-13,15-17,21H,2-5,8-9,14H2,1H3,(H,27,34)(H2,26,28,29,30)/t21-/m1/s1. The lowest BCUT2D eigenvalue weighted by molar-refractivity contribution is -0.117. The molecule has 1 saturated carbocycles. The first-order valence-corrected chi connectivity index (χ1v) is 12.2. The third-order valence-corrected chi connectivity index (χ3v) is 6.37. The van der Waals surface area contributed by atoms with Gasteiger partial charge in [0.05, 0.1) is 0 Å². The molecule has 10 heteroatoms. The fraction of sp³-hybridized carbons (Fsp3) is 0.400. The number of aromatic nitrogens is 5. The van der Waals surface area contributed by atoms with E-state index in [9.17, 15) is 4.79 Å². The summed E-state index contributed by atoms with van der Waals surface area (Å²) in [6, 6.07) is 10.7. The molecule has 1 fully saturated rings. The predicted molar refractivity (Wildman–Crippen MR) is 135 cm³/mol. The van der Waals surface area contributed by atoms with Crippen LogP contribution in [0.15, 0.2) is 53.4 Å². The summed E-state index contributed by atoms with van der Waals surface area (Å²) >= 11 is 0. The minimum absolute atomic E-state index is 0.113. The van der Waals surface area contributed by atoms with Crippen LogP contribution in [0.2, 0.25) is 0 Å². The summed E-state index contributed by atoms with van der Waals surface area (Å²) in [5, 5.41) is 17.3. The third kappa shape index (κ3) is 5.59. The van der Waals surface area contributed by atoms with E-state index in [1.54, 1.807) is 18.2 Å². The minimum atomic E-state index is -0.453. The number of fused-ring (bicyclic) bond motifs is 1. The summed E-state index contributed by atoms with van der Waals surface area (Å²) in [6.45, 7) is 2.69. The Morgan fingerprint density at radius 2 is 1.89 bits per heavy atom. The van der Waals surface area contributed by atoms with E-state index >= 15 is 0 Å². The highest BCUT2D eigenvalue weighted by atomic mass is 16.6. The molecule has 0 aliphatic heterocycles. The van der Waals surface area contributed by atoms with E-state index in [2.05, 4.69) is 36.2 Å². The Kier molecular flexibility index (Phi) is 6.87. The molecule has 1 atom stereocenters. The van der Waals surface area contributed by atoms with Crippen molar-refractivity contribution in [2.24, 2.45) is 5.92 Å². The van der Waals surface area contributed by atoms with Gasteiger partial charge in [0.25, 0.3) is 0 Å². The zero-order chi connectivity index (χ0) is 24.0. The number of carbonyl (C=O) groups is 1. The van der Waals surface area contributed by atoms with Crippen molar-refractivity contribution in [1.82, 2.24) is 24.8 Å². The van der Waals surface area contributed by atoms with Gasteiger partial charge in [0.15, 0.2) is 0 Å². The normalized spacial score (nSPS) is 15.1. The van der Waals surface area contributed by atoms with Crippen molar-refractivity contribution >= 4 is 34.4 Å². The summed E-state index contributed by atoms with van der Waals surface area (Å²) in [4.78, 5) is 22.7. The Morgan fingerprint density at radius 1 is 1.09 bits per heavy atom. The molecular formula is C25H30N8O2. The fourth-order valence-corrected chi connectivity index (χ4v) is 4.62. The maximum atomic E-state index is 13.5. The van der Waals surface area contributed by atoms with Crippen LogP contribution in [-0.4, -0.2) is 43.3 Å². The number of hydrogen-bond donors (Lipinski definition) is 3. The Labute approximate surface area is 203 Å². The molecule has 0 bridgehead atoms. The number of rotatable bonds is 9. The average molecular weight is 475 g/mol. The molecule has 1 aliphatic rings. The van der Waals surface area contributed by atoms with E-state index < -0.39 is 6.04 Å². The van der Waals surface area contributed by atoms with Crippen molar-refractivity contribution in [3.63, 3.8) is 0 Å². The number of nitrogens with one attached hydrogen (secondary N) is 3. The molecule has 0 radical (unpaired) electrons. The largest absolute Gasteiger partial charge is 0.358 e. The third-order valence-electron chi connectivity index (χ3n) is 6.37. The first-order chi connectivity index (χ1) is 17.2. The van der Waals surface area contributed by atoms with E-state index in [-0.39, 0.29) is 5.91 Å². The second-order valence-corrected chi connectivity index (χ2v) is 8.95. The van der Waals surface area contributed by atoms with Crippen molar-refractivity contribution in [2.75, 3.05) is 22.5 Å². The van der Waals surface area contributed by atoms with Gasteiger partial charge in [0.1, 0.15) is 28.7 Å². The molecule has 3 heterocycles. The average Bonchev–Trinajstić information content (AvgIpc) is 3.57. The van der Waals surface area contributed by atoms with Crippen LogP contribution >= 0.6 is 0 Å². The zero-order valence-corrected chi connectivity index (χ0v) is 19.8. The van der Waals surface area contributed by atoms with E-state index in [0.29, 0.717) is 40.9 Å². The van der Waals surface area contributed by atoms with E-state index in [4.69, 9.17) is 4.63 Å². The van der Waals surface area contributed by atoms with Crippen molar-refractivity contribution in [2.45, 2.75) is 51.5 Å². The van der Waals surface area contributed by atoms with E-state index in [1.165, 1.54) is 19.3 Å². The summed E-state index contributed by atoms with van der Waals surface area (Å²) in [5.74, 6) is 2.23. The zero-order valence-electron chi connectivity index (χ0n) is 19.8. The molecule has 4 aromatic rings. The predicted octanol–water partition coefficient (Wildman–Crippen LogP) is 4.62. The summed E-state index contributed by atoms with van der Waals surface area (Å²) in [5.41, 5.74) is 1.90. The second kappa shape index (κ2) is 10.5. The molecule has 3 aromatic heterocycles. The van der Waals surface area contributed by atoms with Crippen LogP contribution in [0.3, 0.4) is 0 Å². The van der Waals surface area contributed by atoms with Crippen molar-refractivity contribution in [1.29, 1.82) is 0 Å². The lowest BCUT2D eigenvalue weighted by Crippen LogP contribution is -2.37. The topological polar surface area (TPSA) is 123 Å². The molecular weight excluding hydrogens is 444 g/mol. The van der Waals surface area contributed by atoms with Gasteiger partial charge in [-0.15, -0.1) is 0 Å². The molecule has 0 saturated heterocycles. The maximum absolute atomic E-state index is 13.5.